The fraction of sp³-hybridized carbons (Fsp3) is 0. The Morgan fingerprint density at radius 3 is 2.70 bits per heavy atom. The quantitative estimate of drug-likeness (QED) is 0.380. The van der Waals surface area contributed by atoms with Crippen molar-refractivity contribution in [3.8, 4) is 5.69 Å². The van der Waals surface area contributed by atoms with E-state index in [0.717, 1.165) is 17.1 Å². The van der Waals surface area contributed by atoms with Gasteiger partial charge in [0.15, 0.2) is 5.65 Å². The number of nitro groups is 1. The monoisotopic (exact) mass is 444 g/mol. The first-order chi connectivity index (χ1) is 14.3. The molecule has 2 aromatic heterocycles. The normalized spacial score (nSPS) is 10.9. The topological polar surface area (TPSA) is 125 Å². The van der Waals surface area contributed by atoms with E-state index < -0.39 is 22.1 Å². The number of nitro benzene ring substituents is 1. The van der Waals surface area contributed by atoms with E-state index in [4.69, 9.17) is 23.2 Å². The van der Waals surface area contributed by atoms with E-state index >= 15 is 0 Å². The van der Waals surface area contributed by atoms with Crippen molar-refractivity contribution >= 4 is 45.8 Å². The molecule has 150 valence electrons. The second-order valence-electron chi connectivity index (χ2n) is 6.06. The maximum Gasteiger partial charge on any atom is 0.288 e. The molecule has 0 atom stereocenters. The average molecular weight is 445 g/mol. The zero-order valence-corrected chi connectivity index (χ0v) is 16.3. The van der Waals surface area contributed by atoms with Gasteiger partial charge in [0, 0.05) is 16.7 Å². The Labute approximate surface area is 177 Å². The number of hydrogen-bond donors (Lipinski definition) is 1. The summed E-state index contributed by atoms with van der Waals surface area (Å²) in [5.41, 5.74) is 2.17. The Balaban J connectivity index is 1.69. The highest BCUT2D eigenvalue weighted by Gasteiger charge is 2.18. The van der Waals surface area contributed by atoms with Crippen LogP contribution >= 0.6 is 23.2 Å². The maximum absolute atomic E-state index is 12.7. The molecular formula is C18H10Cl2N6O4. The van der Waals surface area contributed by atoms with Crippen molar-refractivity contribution in [2.45, 2.75) is 0 Å². The zero-order valence-electron chi connectivity index (χ0n) is 14.8. The fourth-order valence-corrected chi connectivity index (χ4v) is 3.13. The van der Waals surface area contributed by atoms with Crippen LogP contribution < -0.4 is 11.0 Å². The van der Waals surface area contributed by atoms with E-state index in [0.29, 0.717) is 10.7 Å². The summed E-state index contributed by atoms with van der Waals surface area (Å²) < 4.78 is 2.31. The number of amides is 1. The maximum atomic E-state index is 12.7. The predicted molar refractivity (Wildman–Crippen MR) is 110 cm³/mol. The van der Waals surface area contributed by atoms with Gasteiger partial charge in [0.2, 0.25) is 0 Å². The molecule has 0 radical (unpaired) electrons. The predicted octanol–water partition coefficient (Wildman–Crippen LogP) is 3.18. The molecule has 1 amide bonds. The number of carbonyl (C=O) groups is 1. The van der Waals surface area contributed by atoms with Crippen LogP contribution in [-0.2, 0) is 0 Å². The number of halogens is 2. The molecule has 0 bridgehead atoms. The summed E-state index contributed by atoms with van der Waals surface area (Å²) in [6, 6.07) is 10.4. The minimum absolute atomic E-state index is 0.0484. The van der Waals surface area contributed by atoms with Gasteiger partial charge < -0.3 is 0 Å². The van der Waals surface area contributed by atoms with Gasteiger partial charge in [0.1, 0.15) is 16.7 Å². The van der Waals surface area contributed by atoms with Gasteiger partial charge in [0.25, 0.3) is 17.2 Å². The molecule has 4 rings (SSSR count). The lowest BCUT2D eigenvalue weighted by Crippen LogP contribution is -2.33. The van der Waals surface area contributed by atoms with Crippen molar-refractivity contribution in [2.75, 3.05) is 5.43 Å². The molecule has 12 heteroatoms. The van der Waals surface area contributed by atoms with Gasteiger partial charge in [-0.1, -0.05) is 29.3 Å². The lowest BCUT2D eigenvalue weighted by Gasteiger charge is -2.08. The van der Waals surface area contributed by atoms with Crippen LogP contribution in [0, 0.1) is 10.1 Å². The Morgan fingerprint density at radius 2 is 1.97 bits per heavy atom. The second kappa shape index (κ2) is 7.58. The van der Waals surface area contributed by atoms with Crippen LogP contribution in [0.15, 0.2) is 59.8 Å². The van der Waals surface area contributed by atoms with Gasteiger partial charge in [-0.15, -0.1) is 0 Å². The summed E-state index contributed by atoms with van der Waals surface area (Å²) in [7, 11) is 0. The third-order valence-corrected chi connectivity index (χ3v) is 4.72. The molecule has 0 saturated heterocycles. The summed E-state index contributed by atoms with van der Waals surface area (Å²) in [6.45, 7) is 0. The summed E-state index contributed by atoms with van der Waals surface area (Å²) in [4.78, 5) is 39.7. The van der Waals surface area contributed by atoms with E-state index in [1.165, 1.54) is 23.0 Å². The fourth-order valence-electron chi connectivity index (χ4n) is 2.76. The van der Waals surface area contributed by atoms with Gasteiger partial charge in [-0.2, -0.15) is 5.10 Å². The molecule has 2 heterocycles. The number of benzene rings is 2. The summed E-state index contributed by atoms with van der Waals surface area (Å²) in [5.74, 6) is -0.750. The highest BCUT2D eigenvalue weighted by molar-refractivity contribution is 6.32. The van der Waals surface area contributed by atoms with Gasteiger partial charge in [0.05, 0.1) is 16.8 Å². The number of rotatable bonds is 4. The minimum Gasteiger partial charge on any atom is -0.267 e. The number of nitrogens with one attached hydrogen (secondary N) is 1. The van der Waals surface area contributed by atoms with Crippen LogP contribution in [0.25, 0.3) is 16.7 Å². The molecule has 0 fully saturated rings. The Morgan fingerprint density at radius 1 is 1.17 bits per heavy atom. The van der Waals surface area contributed by atoms with E-state index in [9.17, 15) is 19.7 Å². The van der Waals surface area contributed by atoms with Crippen LogP contribution in [0.2, 0.25) is 10.0 Å². The lowest BCUT2D eigenvalue weighted by molar-refractivity contribution is -0.384. The molecule has 10 nitrogen and oxygen atoms in total. The largest absolute Gasteiger partial charge is 0.288 e. The second-order valence-corrected chi connectivity index (χ2v) is 6.90. The number of carbonyl (C=O) groups excluding carboxylic acids is 1. The summed E-state index contributed by atoms with van der Waals surface area (Å²) >= 11 is 11.8. The van der Waals surface area contributed by atoms with Crippen molar-refractivity contribution in [3.63, 3.8) is 0 Å². The van der Waals surface area contributed by atoms with Gasteiger partial charge in [-0.05, 0) is 30.3 Å². The van der Waals surface area contributed by atoms with E-state index in [-0.39, 0.29) is 21.6 Å². The van der Waals surface area contributed by atoms with Crippen molar-refractivity contribution < 1.29 is 9.72 Å². The highest BCUT2D eigenvalue weighted by Crippen LogP contribution is 2.25. The molecule has 0 unspecified atom stereocenters. The zero-order chi connectivity index (χ0) is 21.4. The van der Waals surface area contributed by atoms with E-state index in [1.54, 1.807) is 24.3 Å². The van der Waals surface area contributed by atoms with Crippen LogP contribution in [0.3, 0.4) is 0 Å². The van der Waals surface area contributed by atoms with Crippen molar-refractivity contribution in [2.24, 2.45) is 0 Å². The van der Waals surface area contributed by atoms with Crippen molar-refractivity contribution in [1.29, 1.82) is 0 Å². The van der Waals surface area contributed by atoms with Crippen LogP contribution in [0.5, 0.6) is 0 Å². The minimum atomic E-state index is -0.750. The molecule has 1 N–H and O–H groups in total. The number of hydrogen-bond acceptors (Lipinski definition) is 6. The first kappa shape index (κ1) is 19.6. The van der Waals surface area contributed by atoms with Gasteiger partial charge >= 0.3 is 0 Å². The Kier molecular flexibility index (Phi) is 4.94. The number of nitrogens with zero attached hydrogens (tertiary/aromatic N) is 5. The smallest absolute Gasteiger partial charge is 0.267 e. The van der Waals surface area contributed by atoms with Crippen LogP contribution in [0.1, 0.15) is 10.4 Å². The molecule has 0 aliphatic carbocycles. The lowest BCUT2D eigenvalue weighted by atomic mass is 10.2. The molecule has 0 spiro atoms. The van der Waals surface area contributed by atoms with E-state index in [2.05, 4.69) is 15.5 Å². The van der Waals surface area contributed by atoms with E-state index in [1.807, 2.05) is 0 Å². The van der Waals surface area contributed by atoms with Crippen LogP contribution in [-0.4, -0.2) is 30.3 Å². The molecule has 4 aromatic rings. The van der Waals surface area contributed by atoms with Crippen molar-refractivity contribution in [1.82, 2.24) is 19.4 Å². The third kappa shape index (κ3) is 3.49. The number of fused-ring (bicyclic) bond motifs is 1. The highest BCUT2D eigenvalue weighted by atomic mass is 35.5. The number of aromatic nitrogens is 4. The van der Waals surface area contributed by atoms with Gasteiger partial charge in [-0.3, -0.25) is 25.1 Å². The van der Waals surface area contributed by atoms with Crippen LogP contribution in [0.4, 0.5) is 5.69 Å². The van der Waals surface area contributed by atoms with Gasteiger partial charge in [-0.25, -0.2) is 14.3 Å². The summed E-state index contributed by atoms with van der Waals surface area (Å²) in [6.07, 6.45) is 2.44. The first-order valence-corrected chi connectivity index (χ1v) is 9.07. The molecule has 0 aliphatic rings. The average Bonchev–Trinajstić information content (AvgIpc) is 3.15. The molecule has 0 saturated carbocycles. The Hall–Kier alpha value is -3.76. The molecule has 2 aromatic carbocycles. The molecular weight excluding hydrogens is 435 g/mol. The van der Waals surface area contributed by atoms with Crippen molar-refractivity contribution in [3.05, 3.63) is 91.1 Å². The SMILES string of the molecule is O=C(Nn1cnc2c(cnn2-c2cccc(Cl)c2)c1=O)c1ccc(Cl)c([N+](=O)[O-])c1. The summed E-state index contributed by atoms with van der Waals surface area (Å²) in [5, 5.41) is 15.7. The molecule has 30 heavy (non-hydrogen) atoms. The standard InChI is InChI=1S/C18H10Cl2N6O4/c19-11-2-1-3-12(7-11)25-16-13(8-22-25)18(28)24(9-21-16)23-17(27)10-4-5-14(20)15(6-10)26(29)30/h1-9H,(H,23,27). The molecule has 0 aliphatic heterocycles. The first-order valence-electron chi connectivity index (χ1n) is 8.32. The third-order valence-electron chi connectivity index (χ3n) is 4.17. The Bertz CT molecular complexity index is 1380.